The van der Waals surface area contributed by atoms with Crippen LogP contribution >= 0.6 is 0 Å². The number of phenols is 1. The normalized spacial score (nSPS) is 10.1. The van der Waals surface area contributed by atoms with Gasteiger partial charge in [0.15, 0.2) is 0 Å². The van der Waals surface area contributed by atoms with Crippen LogP contribution < -0.4 is 0 Å². The van der Waals surface area contributed by atoms with Crippen LogP contribution in [-0.2, 0) is 0 Å². The van der Waals surface area contributed by atoms with Gasteiger partial charge in [-0.3, -0.25) is 0 Å². The lowest BCUT2D eigenvalue weighted by molar-refractivity contribution is 0.477. The average molecular weight is 213 g/mol. The molecular formula is C13H11NO2. The molecule has 0 radical (unpaired) electrons. The summed E-state index contributed by atoms with van der Waals surface area (Å²) in [4.78, 5) is 10.6. The number of hydrogen-bond donors (Lipinski definition) is 1. The molecule has 0 atom stereocenters. The zero-order valence-corrected chi connectivity index (χ0v) is 8.84. The van der Waals surface area contributed by atoms with Crippen LogP contribution in [0.2, 0.25) is 0 Å². The molecule has 0 aromatic heterocycles. The summed E-state index contributed by atoms with van der Waals surface area (Å²) in [5.74, 6) is 0.197. The smallest absolute Gasteiger partial charge is 0.123 e. The number of hydrogen-bond acceptors (Lipinski definition) is 3. The Morgan fingerprint density at radius 3 is 2.56 bits per heavy atom. The Hall–Kier alpha value is -2.16. The summed E-state index contributed by atoms with van der Waals surface area (Å²) in [6, 6.07) is 12.4. The van der Waals surface area contributed by atoms with Crippen molar-refractivity contribution in [2.45, 2.75) is 6.92 Å². The van der Waals surface area contributed by atoms with Crippen molar-refractivity contribution in [3.63, 3.8) is 0 Å². The maximum atomic E-state index is 10.6. The standard InChI is InChI=1S/C13H11NO2/c1-9-6-7-10(8-12(9)14-16)11-4-2-3-5-13(11)15/h2-8,15H,1H3. The fourth-order valence-electron chi connectivity index (χ4n) is 1.59. The Kier molecular flexibility index (Phi) is 2.68. The van der Waals surface area contributed by atoms with Crippen molar-refractivity contribution in [2.24, 2.45) is 5.18 Å². The Balaban J connectivity index is 2.57. The molecule has 80 valence electrons. The van der Waals surface area contributed by atoms with Gasteiger partial charge in [-0.25, -0.2) is 0 Å². The van der Waals surface area contributed by atoms with E-state index in [1.165, 1.54) is 0 Å². The maximum absolute atomic E-state index is 10.6. The number of para-hydroxylation sites is 1. The van der Waals surface area contributed by atoms with Gasteiger partial charge in [0.2, 0.25) is 0 Å². The van der Waals surface area contributed by atoms with Gasteiger partial charge in [0.25, 0.3) is 0 Å². The predicted molar refractivity (Wildman–Crippen MR) is 63.7 cm³/mol. The first kappa shape index (κ1) is 10.4. The molecule has 0 saturated heterocycles. The van der Waals surface area contributed by atoms with Gasteiger partial charge in [-0.1, -0.05) is 30.3 Å². The number of nitrogens with zero attached hydrogens (tertiary/aromatic N) is 1. The molecule has 2 aromatic rings. The van der Waals surface area contributed by atoms with Gasteiger partial charge in [0.1, 0.15) is 11.4 Å². The highest BCUT2D eigenvalue weighted by Crippen LogP contribution is 2.32. The second-order valence-corrected chi connectivity index (χ2v) is 3.61. The number of nitroso groups, excluding NO2 is 1. The van der Waals surface area contributed by atoms with E-state index >= 15 is 0 Å². The van der Waals surface area contributed by atoms with Gasteiger partial charge in [-0.2, -0.15) is 0 Å². The molecule has 0 heterocycles. The van der Waals surface area contributed by atoms with Gasteiger partial charge >= 0.3 is 0 Å². The third kappa shape index (κ3) is 1.80. The minimum atomic E-state index is 0.197. The number of phenolic OH excluding ortho intramolecular Hbond substituents is 1. The van der Waals surface area contributed by atoms with E-state index in [1.807, 2.05) is 25.1 Å². The second kappa shape index (κ2) is 4.14. The third-order valence-corrected chi connectivity index (χ3v) is 2.52. The van der Waals surface area contributed by atoms with Crippen molar-refractivity contribution < 1.29 is 5.11 Å². The zero-order chi connectivity index (χ0) is 11.5. The largest absolute Gasteiger partial charge is 0.507 e. The topological polar surface area (TPSA) is 49.7 Å². The van der Waals surface area contributed by atoms with E-state index in [0.717, 1.165) is 11.1 Å². The molecule has 0 aliphatic rings. The summed E-state index contributed by atoms with van der Waals surface area (Å²) < 4.78 is 0. The molecule has 0 saturated carbocycles. The summed E-state index contributed by atoms with van der Waals surface area (Å²) in [6.07, 6.45) is 0. The Bertz CT molecular complexity index is 535. The third-order valence-electron chi connectivity index (χ3n) is 2.52. The summed E-state index contributed by atoms with van der Waals surface area (Å²) >= 11 is 0. The summed E-state index contributed by atoms with van der Waals surface area (Å²) in [5.41, 5.74) is 2.72. The van der Waals surface area contributed by atoms with Crippen LogP contribution in [0, 0.1) is 11.8 Å². The van der Waals surface area contributed by atoms with E-state index in [0.29, 0.717) is 11.3 Å². The van der Waals surface area contributed by atoms with E-state index in [4.69, 9.17) is 0 Å². The lowest BCUT2D eigenvalue weighted by atomic mass is 10.0. The van der Waals surface area contributed by atoms with Crippen molar-refractivity contribution in [1.82, 2.24) is 0 Å². The Morgan fingerprint density at radius 1 is 1.12 bits per heavy atom. The van der Waals surface area contributed by atoms with Crippen LogP contribution in [0.15, 0.2) is 47.6 Å². The second-order valence-electron chi connectivity index (χ2n) is 3.61. The van der Waals surface area contributed by atoms with Crippen LogP contribution in [0.4, 0.5) is 5.69 Å². The lowest BCUT2D eigenvalue weighted by Gasteiger charge is -2.05. The Labute approximate surface area is 93.3 Å². The predicted octanol–water partition coefficient (Wildman–Crippen LogP) is 3.77. The highest BCUT2D eigenvalue weighted by Gasteiger charge is 2.05. The minimum absolute atomic E-state index is 0.197. The summed E-state index contributed by atoms with van der Waals surface area (Å²) in [7, 11) is 0. The first-order valence-corrected chi connectivity index (χ1v) is 4.95. The molecule has 0 aliphatic carbocycles. The molecule has 3 heteroatoms. The van der Waals surface area contributed by atoms with Crippen molar-refractivity contribution in [2.75, 3.05) is 0 Å². The first-order valence-electron chi connectivity index (χ1n) is 4.95. The molecule has 16 heavy (non-hydrogen) atoms. The van der Waals surface area contributed by atoms with Crippen LogP contribution in [0.1, 0.15) is 5.56 Å². The maximum Gasteiger partial charge on any atom is 0.123 e. The van der Waals surface area contributed by atoms with E-state index in [9.17, 15) is 10.0 Å². The van der Waals surface area contributed by atoms with Gasteiger partial charge in [0.05, 0.1) is 0 Å². The molecule has 2 rings (SSSR count). The average Bonchev–Trinajstić information content (AvgIpc) is 2.31. The van der Waals surface area contributed by atoms with Crippen LogP contribution in [0.25, 0.3) is 11.1 Å². The molecular weight excluding hydrogens is 202 g/mol. The first-order chi connectivity index (χ1) is 7.72. The summed E-state index contributed by atoms with van der Waals surface area (Å²) in [6.45, 7) is 1.82. The number of aromatic hydroxyl groups is 1. The Morgan fingerprint density at radius 2 is 1.88 bits per heavy atom. The zero-order valence-electron chi connectivity index (χ0n) is 8.84. The molecule has 3 nitrogen and oxygen atoms in total. The number of aryl methyl sites for hydroxylation is 1. The molecule has 0 amide bonds. The van der Waals surface area contributed by atoms with Crippen LogP contribution in [0.5, 0.6) is 5.75 Å². The highest BCUT2D eigenvalue weighted by molar-refractivity contribution is 5.73. The van der Waals surface area contributed by atoms with E-state index in [-0.39, 0.29) is 5.75 Å². The SMILES string of the molecule is Cc1ccc(-c2ccccc2O)cc1N=O. The molecule has 0 unspecified atom stereocenters. The van der Waals surface area contributed by atoms with E-state index < -0.39 is 0 Å². The van der Waals surface area contributed by atoms with Crippen molar-refractivity contribution in [3.05, 3.63) is 52.9 Å². The lowest BCUT2D eigenvalue weighted by Crippen LogP contribution is -1.80. The van der Waals surface area contributed by atoms with E-state index in [2.05, 4.69) is 5.18 Å². The van der Waals surface area contributed by atoms with Gasteiger partial charge in [-0.05, 0) is 35.4 Å². The van der Waals surface area contributed by atoms with E-state index in [1.54, 1.807) is 24.3 Å². The fourth-order valence-corrected chi connectivity index (χ4v) is 1.59. The van der Waals surface area contributed by atoms with Crippen LogP contribution in [-0.4, -0.2) is 5.11 Å². The van der Waals surface area contributed by atoms with Crippen molar-refractivity contribution in [3.8, 4) is 16.9 Å². The number of benzene rings is 2. The van der Waals surface area contributed by atoms with Crippen LogP contribution in [0.3, 0.4) is 0 Å². The van der Waals surface area contributed by atoms with Gasteiger partial charge in [0, 0.05) is 5.56 Å². The van der Waals surface area contributed by atoms with Crippen molar-refractivity contribution in [1.29, 1.82) is 0 Å². The highest BCUT2D eigenvalue weighted by atomic mass is 16.3. The fraction of sp³-hybridized carbons (Fsp3) is 0.0769. The molecule has 0 fully saturated rings. The van der Waals surface area contributed by atoms with Gasteiger partial charge in [-0.15, -0.1) is 4.91 Å². The minimum Gasteiger partial charge on any atom is -0.507 e. The number of rotatable bonds is 2. The monoisotopic (exact) mass is 213 g/mol. The molecule has 0 spiro atoms. The quantitative estimate of drug-likeness (QED) is 0.772. The van der Waals surface area contributed by atoms with Gasteiger partial charge < -0.3 is 5.11 Å². The molecule has 0 aliphatic heterocycles. The summed E-state index contributed by atoms with van der Waals surface area (Å²) in [5, 5.41) is 12.6. The molecule has 0 bridgehead atoms. The molecule has 2 aromatic carbocycles. The van der Waals surface area contributed by atoms with Crippen molar-refractivity contribution >= 4 is 5.69 Å². The molecule has 1 N–H and O–H groups in total.